The fraction of sp³-hybridized carbons (Fsp3) is 0.250. The number of halogens is 1. The fourth-order valence-electron chi connectivity index (χ4n) is 2.04. The van der Waals surface area contributed by atoms with Crippen LogP contribution in [0.25, 0.3) is 6.08 Å². The summed E-state index contributed by atoms with van der Waals surface area (Å²) in [5.41, 5.74) is 0.265. The van der Waals surface area contributed by atoms with Crippen LogP contribution in [0.2, 0.25) is 0 Å². The van der Waals surface area contributed by atoms with Crippen molar-refractivity contribution in [1.82, 2.24) is 10.2 Å². The monoisotopic (exact) mass is 382 g/mol. The number of carbonyl (C=O) groups excluding carboxylic acids is 2. The summed E-state index contributed by atoms with van der Waals surface area (Å²) in [6, 6.07) is 6.03. The van der Waals surface area contributed by atoms with Crippen LogP contribution in [-0.2, 0) is 14.4 Å². The average Bonchev–Trinajstić information content (AvgIpc) is 2.81. The summed E-state index contributed by atoms with van der Waals surface area (Å²) in [5.74, 6) is -2.29. The first-order chi connectivity index (χ1) is 11.9. The molecule has 25 heavy (non-hydrogen) atoms. The third-order valence-corrected chi connectivity index (χ3v) is 4.63. The maximum absolute atomic E-state index is 13.7. The summed E-state index contributed by atoms with van der Waals surface area (Å²) in [4.78, 5) is 36.0. The molecule has 1 aromatic carbocycles. The quantitative estimate of drug-likeness (QED) is 0.426. The number of rotatable bonds is 7. The number of amides is 2. The zero-order chi connectivity index (χ0) is 18.4. The van der Waals surface area contributed by atoms with E-state index in [1.807, 2.05) is 0 Å². The van der Waals surface area contributed by atoms with E-state index in [9.17, 15) is 18.8 Å². The van der Waals surface area contributed by atoms with Gasteiger partial charge in [0.1, 0.15) is 16.7 Å². The maximum Gasteiger partial charge on any atom is 0.303 e. The summed E-state index contributed by atoms with van der Waals surface area (Å²) >= 11 is 6.11. The molecule has 1 aliphatic heterocycles. The Labute approximate surface area is 153 Å². The number of carboxylic acids is 1. The summed E-state index contributed by atoms with van der Waals surface area (Å²) in [7, 11) is 0. The minimum atomic E-state index is -0.940. The van der Waals surface area contributed by atoms with Gasteiger partial charge in [0.15, 0.2) is 0 Å². The standard InChI is InChI=1S/C16H15FN2O4S2/c17-11-5-2-1-4-10(11)8-12-15(23)19(16(24)25-12)9-13(20)18-7-3-6-14(21)22/h1-2,4-5,8H,3,6-7,9H2,(H,18,20)(H,21,22)/b12-8-. The van der Waals surface area contributed by atoms with Gasteiger partial charge in [-0.1, -0.05) is 42.2 Å². The number of nitrogens with zero attached hydrogens (tertiary/aromatic N) is 1. The van der Waals surface area contributed by atoms with Gasteiger partial charge in [0, 0.05) is 18.5 Å². The molecule has 0 spiro atoms. The highest BCUT2D eigenvalue weighted by Gasteiger charge is 2.33. The summed E-state index contributed by atoms with van der Waals surface area (Å²) < 4.78 is 13.9. The number of benzene rings is 1. The van der Waals surface area contributed by atoms with E-state index in [0.29, 0.717) is 6.42 Å². The number of carboxylic acid groups (broad SMARTS) is 1. The van der Waals surface area contributed by atoms with Gasteiger partial charge in [-0.25, -0.2) is 4.39 Å². The van der Waals surface area contributed by atoms with Gasteiger partial charge in [-0.2, -0.15) is 0 Å². The molecule has 0 atom stereocenters. The molecule has 1 aromatic rings. The van der Waals surface area contributed by atoms with E-state index in [-0.39, 0.29) is 34.3 Å². The first kappa shape index (κ1) is 19.1. The third-order valence-electron chi connectivity index (χ3n) is 3.26. The smallest absolute Gasteiger partial charge is 0.303 e. The molecule has 1 heterocycles. The van der Waals surface area contributed by atoms with Crippen LogP contribution in [0.4, 0.5) is 4.39 Å². The van der Waals surface area contributed by atoms with Crippen LogP contribution < -0.4 is 5.32 Å². The normalized spacial score (nSPS) is 15.7. The minimum Gasteiger partial charge on any atom is -0.481 e. The van der Waals surface area contributed by atoms with E-state index in [1.54, 1.807) is 12.1 Å². The van der Waals surface area contributed by atoms with Crippen LogP contribution in [0.1, 0.15) is 18.4 Å². The minimum absolute atomic E-state index is 0.0489. The van der Waals surface area contributed by atoms with Crippen molar-refractivity contribution < 1.29 is 23.9 Å². The van der Waals surface area contributed by atoms with Crippen molar-refractivity contribution in [3.8, 4) is 0 Å². The van der Waals surface area contributed by atoms with Crippen LogP contribution in [-0.4, -0.2) is 45.2 Å². The molecule has 0 unspecified atom stereocenters. The highest BCUT2D eigenvalue weighted by Crippen LogP contribution is 2.32. The zero-order valence-corrected chi connectivity index (χ0v) is 14.7. The Morgan fingerprint density at radius 1 is 1.36 bits per heavy atom. The molecule has 2 N–H and O–H groups in total. The van der Waals surface area contributed by atoms with Crippen molar-refractivity contribution >= 4 is 52.2 Å². The predicted octanol–water partition coefficient (Wildman–Crippen LogP) is 2.01. The molecule has 0 bridgehead atoms. The van der Waals surface area contributed by atoms with Gasteiger partial charge >= 0.3 is 5.97 Å². The van der Waals surface area contributed by atoms with Crippen molar-refractivity contribution in [3.05, 3.63) is 40.6 Å². The second-order valence-electron chi connectivity index (χ2n) is 5.14. The van der Waals surface area contributed by atoms with Crippen molar-refractivity contribution in [2.24, 2.45) is 0 Å². The highest BCUT2D eigenvalue weighted by atomic mass is 32.2. The predicted molar refractivity (Wildman–Crippen MR) is 96.2 cm³/mol. The van der Waals surface area contributed by atoms with Gasteiger partial charge < -0.3 is 10.4 Å². The van der Waals surface area contributed by atoms with E-state index in [2.05, 4.69) is 5.32 Å². The number of carbonyl (C=O) groups is 3. The summed E-state index contributed by atoms with van der Waals surface area (Å²) in [6.07, 6.45) is 1.65. The van der Waals surface area contributed by atoms with E-state index < -0.39 is 23.6 Å². The largest absolute Gasteiger partial charge is 0.481 e. The summed E-state index contributed by atoms with van der Waals surface area (Å²) in [6.45, 7) is -0.0582. The Morgan fingerprint density at radius 2 is 2.08 bits per heavy atom. The first-order valence-corrected chi connectivity index (χ1v) is 8.59. The van der Waals surface area contributed by atoms with Crippen LogP contribution in [0.3, 0.4) is 0 Å². The zero-order valence-electron chi connectivity index (χ0n) is 13.0. The maximum atomic E-state index is 13.7. The number of thiocarbonyl (C=S) groups is 1. The molecule has 6 nitrogen and oxygen atoms in total. The SMILES string of the molecule is O=C(O)CCCNC(=O)CN1C(=O)/C(=C/c2ccccc2F)SC1=S. The Kier molecular flexibility index (Phi) is 6.65. The third kappa shape index (κ3) is 5.36. The molecule has 0 aromatic heterocycles. The lowest BCUT2D eigenvalue weighted by atomic mass is 10.2. The number of hydrogen-bond acceptors (Lipinski definition) is 5. The lowest BCUT2D eigenvalue weighted by molar-refractivity contribution is -0.137. The molecule has 132 valence electrons. The van der Waals surface area contributed by atoms with Gasteiger partial charge in [0.25, 0.3) is 5.91 Å². The van der Waals surface area contributed by atoms with Crippen molar-refractivity contribution in [3.63, 3.8) is 0 Å². The summed E-state index contributed by atoms with van der Waals surface area (Å²) in [5, 5.41) is 11.1. The Hall–Kier alpha value is -2.26. The van der Waals surface area contributed by atoms with Crippen LogP contribution in [0.15, 0.2) is 29.2 Å². The second-order valence-corrected chi connectivity index (χ2v) is 6.81. The van der Waals surface area contributed by atoms with Crippen molar-refractivity contribution in [2.75, 3.05) is 13.1 Å². The Balaban J connectivity index is 1.96. The van der Waals surface area contributed by atoms with Crippen molar-refractivity contribution in [2.45, 2.75) is 12.8 Å². The lowest BCUT2D eigenvalue weighted by Gasteiger charge is -2.14. The number of nitrogens with one attached hydrogen (secondary N) is 1. The number of thioether (sulfide) groups is 1. The van der Waals surface area contributed by atoms with Crippen molar-refractivity contribution in [1.29, 1.82) is 0 Å². The molecule has 0 radical (unpaired) electrons. The molecule has 0 saturated carbocycles. The molecule has 9 heteroatoms. The number of hydrogen-bond donors (Lipinski definition) is 2. The molecule has 1 fully saturated rings. The fourth-order valence-corrected chi connectivity index (χ4v) is 3.28. The van der Waals surface area contributed by atoms with E-state index >= 15 is 0 Å². The van der Waals surface area contributed by atoms with Crippen LogP contribution in [0.5, 0.6) is 0 Å². The van der Waals surface area contributed by atoms with E-state index in [1.165, 1.54) is 18.2 Å². The van der Waals surface area contributed by atoms with Gasteiger partial charge in [-0.05, 0) is 18.6 Å². The molecule has 0 aliphatic carbocycles. The Bertz CT molecular complexity index is 751. The second kappa shape index (κ2) is 8.72. The highest BCUT2D eigenvalue weighted by molar-refractivity contribution is 8.26. The van der Waals surface area contributed by atoms with Gasteiger partial charge in [0.2, 0.25) is 5.91 Å². The van der Waals surface area contributed by atoms with Gasteiger partial charge in [-0.3, -0.25) is 19.3 Å². The molecular formula is C16H15FN2O4S2. The molecule has 2 rings (SSSR count). The molecule has 1 saturated heterocycles. The van der Waals surface area contributed by atoms with Gasteiger partial charge in [-0.15, -0.1) is 0 Å². The first-order valence-electron chi connectivity index (χ1n) is 7.37. The Morgan fingerprint density at radius 3 is 2.76 bits per heavy atom. The number of aliphatic carboxylic acids is 1. The van der Waals surface area contributed by atoms with Crippen LogP contribution >= 0.6 is 24.0 Å². The molecule has 2 amide bonds. The van der Waals surface area contributed by atoms with Gasteiger partial charge in [0.05, 0.1) is 4.91 Å². The lowest BCUT2D eigenvalue weighted by Crippen LogP contribution is -2.39. The topological polar surface area (TPSA) is 86.7 Å². The average molecular weight is 382 g/mol. The van der Waals surface area contributed by atoms with E-state index in [0.717, 1.165) is 16.7 Å². The molecule has 1 aliphatic rings. The van der Waals surface area contributed by atoms with E-state index in [4.69, 9.17) is 17.3 Å². The molecular weight excluding hydrogens is 367 g/mol. The van der Waals surface area contributed by atoms with Crippen LogP contribution in [0, 0.1) is 5.82 Å².